The lowest BCUT2D eigenvalue weighted by atomic mass is 9.78. The van der Waals surface area contributed by atoms with Crippen LogP contribution >= 0.6 is 0 Å². The number of fused-ring (bicyclic) bond motifs is 3. The quantitative estimate of drug-likeness (QED) is 0.273. The Morgan fingerprint density at radius 3 is 2.53 bits per heavy atom. The molecule has 5 heteroatoms. The van der Waals surface area contributed by atoms with Crippen LogP contribution in [0.3, 0.4) is 0 Å². The fraction of sp³-hybridized carbons (Fsp3) is 0.440. The first kappa shape index (κ1) is 22.2. The van der Waals surface area contributed by atoms with Crippen LogP contribution in [0.25, 0.3) is 11.1 Å². The molecular weight excluding hydrogens is 374 g/mol. The Hall–Kier alpha value is -2.50. The van der Waals surface area contributed by atoms with Crippen LogP contribution in [0, 0.1) is 0 Å². The minimum Gasteiger partial charge on any atom is -0.326 e. The van der Waals surface area contributed by atoms with E-state index < -0.39 is 11.5 Å². The maximum atomic E-state index is 11.2. The van der Waals surface area contributed by atoms with Crippen LogP contribution in [-0.4, -0.2) is 24.3 Å². The molecule has 2 atom stereocenters. The highest BCUT2D eigenvalue weighted by Crippen LogP contribution is 2.49. The van der Waals surface area contributed by atoms with Crippen molar-refractivity contribution in [3.8, 4) is 11.1 Å². The Morgan fingerprint density at radius 1 is 1.10 bits per heavy atom. The number of hydrogen-bond donors (Lipinski definition) is 2. The second-order valence-electron chi connectivity index (χ2n) is 8.05. The molecule has 0 saturated carbocycles. The zero-order chi connectivity index (χ0) is 21.7. The summed E-state index contributed by atoms with van der Waals surface area (Å²) in [5, 5.41) is 7.85. The largest absolute Gasteiger partial charge is 0.331 e. The van der Waals surface area contributed by atoms with Crippen molar-refractivity contribution in [1.29, 1.82) is 0 Å². The van der Waals surface area contributed by atoms with E-state index in [9.17, 15) is 4.79 Å². The van der Waals surface area contributed by atoms with Crippen molar-refractivity contribution in [2.75, 3.05) is 6.54 Å². The van der Waals surface area contributed by atoms with E-state index >= 15 is 0 Å². The molecule has 3 rings (SSSR count). The van der Waals surface area contributed by atoms with Gasteiger partial charge in [-0.2, -0.15) is 0 Å². The second-order valence-corrected chi connectivity index (χ2v) is 8.05. The van der Waals surface area contributed by atoms with Crippen molar-refractivity contribution in [2.45, 2.75) is 65.0 Å². The van der Waals surface area contributed by atoms with Crippen molar-refractivity contribution in [3.63, 3.8) is 0 Å². The number of nitrogens with zero attached hydrogens (tertiary/aromatic N) is 1. The Bertz CT molecular complexity index is 938. The van der Waals surface area contributed by atoms with E-state index in [1.165, 1.54) is 29.2 Å². The Balaban J connectivity index is 2.18. The van der Waals surface area contributed by atoms with E-state index in [1.807, 2.05) is 13.0 Å². The molecule has 2 aromatic rings. The van der Waals surface area contributed by atoms with Gasteiger partial charge in [0.05, 0.1) is 11.3 Å². The number of nitrogens with one attached hydrogen (secondary N) is 1. The molecule has 5 nitrogen and oxygen atoms in total. The summed E-state index contributed by atoms with van der Waals surface area (Å²) < 4.78 is 0. The van der Waals surface area contributed by atoms with Crippen LogP contribution in [0.1, 0.15) is 70.1 Å². The van der Waals surface area contributed by atoms with E-state index in [2.05, 4.69) is 60.7 Å². The highest BCUT2D eigenvalue weighted by atomic mass is 16.7. The van der Waals surface area contributed by atoms with Gasteiger partial charge in [-0.1, -0.05) is 68.2 Å². The molecular formula is C25H33N3O2. The van der Waals surface area contributed by atoms with E-state index in [4.69, 9.17) is 10.6 Å². The molecule has 0 bridgehead atoms. The lowest BCUT2D eigenvalue weighted by Gasteiger charge is -2.39. The zero-order valence-corrected chi connectivity index (χ0v) is 18.5. The maximum absolute atomic E-state index is 11.2. The number of nitrogens with two attached hydrogens (primary N) is 1. The van der Waals surface area contributed by atoms with Crippen molar-refractivity contribution in [1.82, 2.24) is 5.32 Å². The Labute approximate surface area is 179 Å². The number of carbonyl (C=O) groups excluding carboxylic acids is 1. The summed E-state index contributed by atoms with van der Waals surface area (Å²) in [6.45, 7) is 8.47. The lowest BCUT2D eigenvalue weighted by Crippen LogP contribution is -2.55. The minimum atomic E-state index is -0.450. The number of benzene rings is 2. The molecule has 2 unspecified atom stereocenters. The monoisotopic (exact) mass is 407 g/mol. The van der Waals surface area contributed by atoms with Gasteiger partial charge in [-0.05, 0) is 60.2 Å². The molecule has 0 heterocycles. The van der Waals surface area contributed by atoms with Gasteiger partial charge in [-0.15, -0.1) is 0 Å². The summed E-state index contributed by atoms with van der Waals surface area (Å²) in [6.07, 6.45) is 4.14. The molecule has 0 aromatic heterocycles. The first-order valence-electron chi connectivity index (χ1n) is 10.9. The van der Waals surface area contributed by atoms with E-state index in [0.717, 1.165) is 37.8 Å². The van der Waals surface area contributed by atoms with Gasteiger partial charge < -0.3 is 15.9 Å². The number of unbranched alkanes of at least 4 members (excludes halogenated alkanes) is 1. The maximum Gasteiger partial charge on any atom is 0.331 e. The highest BCUT2D eigenvalue weighted by Gasteiger charge is 2.46. The highest BCUT2D eigenvalue weighted by molar-refractivity contribution is 6.00. The molecule has 0 saturated heterocycles. The molecule has 1 aliphatic rings. The predicted octanol–water partition coefficient (Wildman–Crippen LogP) is 4.71. The normalized spacial score (nSPS) is 18.6. The fourth-order valence-electron chi connectivity index (χ4n) is 4.43. The van der Waals surface area contributed by atoms with Crippen molar-refractivity contribution in [3.05, 3.63) is 59.2 Å². The summed E-state index contributed by atoms with van der Waals surface area (Å²) in [5.41, 5.74) is 12.9. The van der Waals surface area contributed by atoms with Crippen LogP contribution in [0.2, 0.25) is 0 Å². The average molecular weight is 408 g/mol. The summed E-state index contributed by atoms with van der Waals surface area (Å²) in [6, 6.07) is 14.8. The lowest BCUT2D eigenvalue weighted by molar-refractivity contribution is -0.140. The number of carbonyl (C=O) groups is 1. The zero-order valence-electron chi connectivity index (χ0n) is 18.5. The van der Waals surface area contributed by atoms with Crippen LogP contribution in [-0.2, 0) is 15.2 Å². The van der Waals surface area contributed by atoms with Crippen LogP contribution in [0.5, 0.6) is 0 Å². The molecule has 1 aliphatic carbocycles. The third-order valence-corrected chi connectivity index (χ3v) is 5.91. The molecule has 0 spiro atoms. The Kier molecular flexibility index (Phi) is 7.06. The standard InChI is InChI=1S/C25H33N3O2/c1-5-7-15-27-25(24(26)10-6-2)22-12-9-8-11-20(22)21-14-13-19(16-23(21)25)17(3)28-30-18(4)29/h8-9,11-14,16,24,27H,5-7,10,15,26H2,1-4H3/b28-17+. The number of hydrogen-bond acceptors (Lipinski definition) is 5. The van der Waals surface area contributed by atoms with Gasteiger partial charge in [0, 0.05) is 13.0 Å². The molecule has 160 valence electrons. The SMILES string of the molecule is CCCCNC1(C(N)CCC)c2ccccc2-c2ccc(/C(C)=N/OC(C)=O)cc21. The van der Waals surface area contributed by atoms with Crippen molar-refractivity contribution >= 4 is 11.7 Å². The van der Waals surface area contributed by atoms with Gasteiger partial charge >= 0.3 is 5.97 Å². The van der Waals surface area contributed by atoms with Gasteiger partial charge in [0.15, 0.2) is 0 Å². The molecule has 2 aromatic carbocycles. The van der Waals surface area contributed by atoms with Crippen LogP contribution < -0.4 is 11.1 Å². The molecule has 3 N–H and O–H groups in total. The average Bonchev–Trinajstić information content (AvgIpc) is 3.03. The van der Waals surface area contributed by atoms with Crippen LogP contribution in [0.4, 0.5) is 0 Å². The fourth-order valence-corrected chi connectivity index (χ4v) is 4.43. The minimum absolute atomic E-state index is 0.0669. The molecule has 30 heavy (non-hydrogen) atoms. The summed E-state index contributed by atoms with van der Waals surface area (Å²) in [4.78, 5) is 16.0. The number of rotatable bonds is 9. The van der Waals surface area contributed by atoms with Gasteiger partial charge in [0.2, 0.25) is 0 Å². The molecule has 0 aliphatic heterocycles. The number of oxime groups is 1. The Morgan fingerprint density at radius 2 is 1.83 bits per heavy atom. The first-order valence-corrected chi connectivity index (χ1v) is 10.9. The summed E-state index contributed by atoms with van der Waals surface area (Å²) in [5.74, 6) is -0.427. The smallest absolute Gasteiger partial charge is 0.326 e. The third kappa shape index (κ3) is 4.05. The van der Waals surface area contributed by atoms with Crippen molar-refractivity contribution in [2.24, 2.45) is 10.9 Å². The van der Waals surface area contributed by atoms with Crippen LogP contribution in [0.15, 0.2) is 47.6 Å². The van der Waals surface area contributed by atoms with Crippen molar-refractivity contribution < 1.29 is 9.63 Å². The summed E-state index contributed by atoms with van der Waals surface area (Å²) >= 11 is 0. The van der Waals surface area contributed by atoms with Gasteiger partial charge in [-0.3, -0.25) is 0 Å². The molecule has 0 fully saturated rings. The second kappa shape index (κ2) is 9.54. The predicted molar refractivity (Wildman–Crippen MR) is 122 cm³/mol. The van der Waals surface area contributed by atoms with Gasteiger partial charge in [-0.25, -0.2) is 4.79 Å². The summed E-state index contributed by atoms with van der Waals surface area (Å²) in [7, 11) is 0. The molecule has 0 radical (unpaired) electrons. The van der Waals surface area contributed by atoms with E-state index in [0.29, 0.717) is 5.71 Å². The van der Waals surface area contributed by atoms with E-state index in [-0.39, 0.29) is 6.04 Å². The molecule has 0 amide bonds. The third-order valence-electron chi connectivity index (χ3n) is 5.91. The van der Waals surface area contributed by atoms with Gasteiger partial charge in [0.25, 0.3) is 0 Å². The van der Waals surface area contributed by atoms with Gasteiger partial charge in [0.1, 0.15) is 0 Å². The topological polar surface area (TPSA) is 76.7 Å². The van der Waals surface area contributed by atoms with E-state index in [1.54, 1.807) is 0 Å². The first-order chi connectivity index (χ1) is 14.5.